The Balaban J connectivity index is 2.12. The number of benzene rings is 2. The monoisotopic (exact) mass is 198 g/mol. The van der Waals surface area contributed by atoms with Crippen LogP contribution in [0.5, 0.6) is 0 Å². The molecule has 2 heteroatoms. The minimum absolute atomic E-state index is 1.08. The lowest BCUT2D eigenvalue weighted by atomic mass is 10.2. The van der Waals surface area contributed by atoms with Gasteiger partial charge in [-0.25, -0.2) is 0 Å². The number of hydrogen-bond donors (Lipinski definition) is 1. The quantitative estimate of drug-likeness (QED) is 0.591. The SMILES string of the molecule is [c]1cccc2c1Nc1ccccc1S2. The average molecular weight is 198 g/mol. The van der Waals surface area contributed by atoms with Crippen molar-refractivity contribution in [1.29, 1.82) is 0 Å². The molecule has 2 aromatic rings. The molecule has 1 N–H and O–H groups in total. The third-order valence-corrected chi connectivity index (χ3v) is 3.32. The van der Waals surface area contributed by atoms with Crippen molar-refractivity contribution in [3.63, 3.8) is 0 Å². The second kappa shape index (κ2) is 3.07. The first-order valence-corrected chi connectivity index (χ1v) is 5.30. The third-order valence-electron chi connectivity index (χ3n) is 2.18. The van der Waals surface area contributed by atoms with Gasteiger partial charge in [0, 0.05) is 15.9 Å². The summed E-state index contributed by atoms with van der Waals surface area (Å²) in [5, 5.41) is 3.36. The highest BCUT2D eigenvalue weighted by Gasteiger charge is 2.13. The Morgan fingerprint density at radius 1 is 1.00 bits per heavy atom. The van der Waals surface area contributed by atoms with E-state index in [0.717, 1.165) is 5.69 Å². The van der Waals surface area contributed by atoms with Crippen LogP contribution >= 0.6 is 11.8 Å². The lowest BCUT2D eigenvalue weighted by molar-refractivity contribution is 1.31. The van der Waals surface area contributed by atoms with Crippen molar-refractivity contribution in [1.82, 2.24) is 0 Å². The van der Waals surface area contributed by atoms with Gasteiger partial charge in [0.15, 0.2) is 0 Å². The molecular formula is C12H8NS. The molecule has 0 spiro atoms. The van der Waals surface area contributed by atoms with E-state index in [0.29, 0.717) is 0 Å². The first-order valence-electron chi connectivity index (χ1n) is 4.48. The summed E-state index contributed by atoms with van der Waals surface area (Å²) >= 11 is 1.79. The summed E-state index contributed by atoms with van der Waals surface area (Å²) in [6, 6.07) is 17.6. The normalized spacial score (nSPS) is 12.6. The third kappa shape index (κ3) is 1.19. The molecule has 0 aromatic heterocycles. The van der Waals surface area contributed by atoms with Gasteiger partial charge in [0.1, 0.15) is 0 Å². The zero-order chi connectivity index (χ0) is 9.38. The van der Waals surface area contributed by atoms with Gasteiger partial charge in [-0.1, -0.05) is 36.0 Å². The minimum Gasteiger partial charge on any atom is -0.353 e. The summed E-state index contributed by atoms with van der Waals surface area (Å²) in [5.41, 5.74) is 2.25. The summed E-state index contributed by atoms with van der Waals surface area (Å²) in [5.74, 6) is 0. The van der Waals surface area contributed by atoms with Gasteiger partial charge in [0.25, 0.3) is 0 Å². The van der Waals surface area contributed by atoms with E-state index in [1.54, 1.807) is 11.8 Å². The van der Waals surface area contributed by atoms with E-state index in [1.165, 1.54) is 15.5 Å². The molecule has 67 valence electrons. The van der Waals surface area contributed by atoms with Crippen LogP contribution in [0.4, 0.5) is 11.4 Å². The van der Waals surface area contributed by atoms with Crippen LogP contribution in [0.25, 0.3) is 0 Å². The van der Waals surface area contributed by atoms with Gasteiger partial charge in [0.2, 0.25) is 0 Å². The molecule has 0 aliphatic carbocycles. The van der Waals surface area contributed by atoms with E-state index in [2.05, 4.69) is 35.6 Å². The molecule has 1 heterocycles. The molecule has 0 saturated heterocycles. The highest BCUT2D eigenvalue weighted by molar-refractivity contribution is 7.99. The summed E-state index contributed by atoms with van der Waals surface area (Å²) in [6.45, 7) is 0. The van der Waals surface area contributed by atoms with Crippen LogP contribution in [0.1, 0.15) is 0 Å². The zero-order valence-electron chi connectivity index (χ0n) is 7.45. The van der Waals surface area contributed by atoms with Gasteiger partial charge in [-0.05, 0) is 18.2 Å². The maximum Gasteiger partial charge on any atom is 0.0606 e. The van der Waals surface area contributed by atoms with E-state index in [4.69, 9.17) is 0 Å². The largest absolute Gasteiger partial charge is 0.353 e. The van der Waals surface area contributed by atoms with Crippen LogP contribution in [0.2, 0.25) is 0 Å². The highest BCUT2D eigenvalue weighted by atomic mass is 32.2. The second-order valence-corrected chi connectivity index (χ2v) is 4.22. The Bertz CT molecular complexity index is 392. The lowest BCUT2D eigenvalue weighted by Gasteiger charge is -2.19. The molecule has 3 rings (SSSR count). The van der Waals surface area contributed by atoms with Crippen molar-refractivity contribution in [2.75, 3.05) is 5.32 Å². The topological polar surface area (TPSA) is 12.0 Å². The Morgan fingerprint density at radius 3 is 2.86 bits per heavy atom. The molecule has 2 aromatic carbocycles. The van der Waals surface area contributed by atoms with Crippen molar-refractivity contribution in [2.45, 2.75) is 9.79 Å². The number of rotatable bonds is 0. The summed E-state index contributed by atoms with van der Waals surface area (Å²) < 4.78 is 0. The van der Waals surface area contributed by atoms with Crippen LogP contribution in [0, 0.1) is 6.07 Å². The highest BCUT2D eigenvalue weighted by Crippen LogP contribution is 2.43. The lowest BCUT2D eigenvalue weighted by Crippen LogP contribution is -1.98. The molecule has 0 amide bonds. The molecule has 0 saturated carbocycles. The molecule has 1 aliphatic rings. The number of nitrogens with one attached hydrogen (secondary N) is 1. The Hall–Kier alpha value is -1.41. The van der Waals surface area contributed by atoms with Crippen LogP contribution < -0.4 is 5.32 Å². The van der Waals surface area contributed by atoms with Crippen molar-refractivity contribution < 1.29 is 0 Å². The van der Waals surface area contributed by atoms with E-state index in [-0.39, 0.29) is 0 Å². The molecule has 0 fully saturated rings. The average Bonchev–Trinajstić information content (AvgIpc) is 2.26. The van der Waals surface area contributed by atoms with Gasteiger partial charge in [-0.2, -0.15) is 0 Å². The van der Waals surface area contributed by atoms with Crippen molar-refractivity contribution >= 4 is 23.1 Å². The minimum atomic E-state index is 1.08. The van der Waals surface area contributed by atoms with E-state index >= 15 is 0 Å². The molecule has 14 heavy (non-hydrogen) atoms. The fourth-order valence-electron chi connectivity index (χ4n) is 1.52. The zero-order valence-corrected chi connectivity index (χ0v) is 8.27. The van der Waals surface area contributed by atoms with Gasteiger partial charge in [-0.15, -0.1) is 0 Å². The first-order chi connectivity index (χ1) is 6.93. The predicted molar refractivity (Wildman–Crippen MR) is 59.1 cm³/mol. The summed E-state index contributed by atoms with van der Waals surface area (Å²) in [6.07, 6.45) is 0. The fourth-order valence-corrected chi connectivity index (χ4v) is 2.49. The molecule has 0 bridgehead atoms. The predicted octanol–water partition coefficient (Wildman–Crippen LogP) is 3.69. The van der Waals surface area contributed by atoms with E-state index in [9.17, 15) is 0 Å². The molecule has 1 aliphatic heterocycles. The number of para-hydroxylation sites is 2. The van der Waals surface area contributed by atoms with Gasteiger partial charge in [0.05, 0.1) is 11.4 Å². The van der Waals surface area contributed by atoms with Gasteiger partial charge >= 0.3 is 0 Å². The number of fused-ring (bicyclic) bond motifs is 2. The Labute approximate surface area is 87.2 Å². The van der Waals surface area contributed by atoms with Crippen molar-refractivity contribution in [3.8, 4) is 0 Å². The molecule has 0 unspecified atom stereocenters. The smallest absolute Gasteiger partial charge is 0.0606 e. The Morgan fingerprint density at radius 2 is 1.86 bits per heavy atom. The van der Waals surface area contributed by atoms with Gasteiger partial charge in [-0.3, -0.25) is 0 Å². The van der Waals surface area contributed by atoms with Crippen LogP contribution in [0.15, 0.2) is 52.3 Å². The standard InChI is InChI=1S/C12H8NS/c1-3-7-11-9(5-1)13-10-6-2-4-8-12(10)14-11/h1-5,7-8,13H. The summed E-state index contributed by atoms with van der Waals surface area (Å²) in [7, 11) is 0. The van der Waals surface area contributed by atoms with Crippen molar-refractivity contribution in [2.24, 2.45) is 0 Å². The van der Waals surface area contributed by atoms with Crippen LogP contribution in [0.3, 0.4) is 0 Å². The number of anilines is 2. The van der Waals surface area contributed by atoms with Crippen LogP contribution in [-0.2, 0) is 0 Å². The maximum absolute atomic E-state index is 3.36. The first kappa shape index (κ1) is 7.94. The number of hydrogen-bond acceptors (Lipinski definition) is 2. The maximum atomic E-state index is 3.36. The molecule has 1 nitrogen and oxygen atoms in total. The molecular weight excluding hydrogens is 190 g/mol. The second-order valence-electron chi connectivity index (χ2n) is 3.13. The van der Waals surface area contributed by atoms with Crippen molar-refractivity contribution in [3.05, 3.63) is 48.5 Å². The molecule has 0 atom stereocenters. The van der Waals surface area contributed by atoms with E-state index < -0.39 is 0 Å². The van der Waals surface area contributed by atoms with E-state index in [1.807, 2.05) is 18.2 Å². The summed E-state index contributed by atoms with van der Waals surface area (Å²) in [4.78, 5) is 2.52. The fraction of sp³-hybridized carbons (Fsp3) is 0. The van der Waals surface area contributed by atoms with Crippen LogP contribution in [-0.4, -0.2) is 0 Å². The molecule has 1 radical (unpaired) electrons. The van der Waals surface area contributed by atoms with Gasteiger partial charge < -0.3 is 5.32 Å². The Kier molecular flexibility index (Phi) is 1.74.